The van der Waals surface area contributed by atoms with E-state index in [1.165, 1.54) is 6.26 Å². The second-order valence-corrected chi connectivity index (χ2v) is 8.14. The molecule has 21 heavy (non-hydrogen) atoms. The van der Waals surface area contributed by atoms with Gasteiger partial charge in [0.25, 0.3) is 5.91 Å². The molecule has 2 rings (SSSR count). The molecule has 1 aliphatic rings. The van der Waals surface area contributed by atoms with E-state index in [-0.39, 0.29) is 23.7 Å². The minimum Gasteiger partial charge on any atom is -0.399 e. The molecule has 116 valence electrons. The highest BCUT2D eigenvalue weighted by atomic mass is 32.2. The highest BCUT2D eigenvalue weighted by Gasteiger charge is 2.37. The Hall–Kier alpha value is -1.56. The summed E-state index contributed by atoms with van der Waals surface area (Å²) in [5.41, 5.74) is 7.84. The maximum absolute atomic E-state index is 12.7. The second kappa shape index (κ2) is 5.67. The monoisotopic (exact) mass is 310 g/mol. The molecule has 0 radical (unpaired) electrons. The van der Waals surface area contributed by atoms with Gasteiger partial charge in [0.15, 0.2) is 0 Å². The van der Waals surface area contributed by atoms with Crippen LogP contribution in [0, 0.1) is 6.92 Å². The van der Waals surface area contributed by atoms with Crippen molar-refractivity contribution in [3.05, 3.63) is 29.3 Å². The third-order valence-corrected chi connectivity index (χ3v) is 4.80. The van der Waals surface area contributed by atoms with E-state index in [2.05, 4.69) is 0 Å². The fourth-order valence-electron chi connectivity index (χ4n) is 2.55. The summed E-state index contributed by atoms with van der Waals surface area (Å²) in [6.45, 7) is 3.65. The average Bonchev–Trinajstić information content (AvgIpc) is 3.15. The van der Waals surface area contributed by atoms with Crippen molar-refractivity contribution in [1.29, 1.82) is 0 Å². The Kier molecular flexibility index (Phi) is 4.27. The number of hydrogen-bond acceptors (Lipinski definition) is 4. The van der Waals surface area contributed by atoms with Gasteiger partial charge in [0.2, 0.25) is 0 Å². The average molecular weight is 310 g/mol. The van der Waals surface area contributed by atoms with Gasteiger partial charge in [-0.05, 0) is 50.5 Å². The largest absolute Gasteiger partial charge is 0.399 e. The van der Waals surface area contributed by atoms with Crippen LogP contribution in [-0.2, 0) is 9.84 Å². The van der Waals surface area contributed by atoms with Gasteiger partial charge in [-0.25, -0.2) is 8.42 Å². The zero-order valence-electron chi connectivity index (χ0n) is 12.7. The van der Waals surface area contributed by atoms with Crippen molar-refractivity contribution in [2.75, 3.05) is 17.7 Å². The predicted octanol–water partition coefficient (Wildman–Crippen LogP) is 1.61. The summed E-state index contributed by atoms with van der Waals surface area (Å²) in [4.78, 5) is 14.4. The van der Waals surface area contributed by atoms with Gasteiger partial charge in [-0.1, -0.05) is 0 Å². The SMILES string of the molecule is Cc1cc(C(=O)N(C(C)CS(C)(=O)=O)C2CC2)ccc1N. The first kappa shape index (κ1) is 15.8. The van der Waals surface area contributed by atoms with Gasteiger partial charge in [-0.3, -0.25) is 4.79 Å². The molecule has 0 heterocycles. The molecule has 0 spiro atoms. The maximum atomic E-state index is 12.7. The van der Waals surface area contributed by atoms with Crippen LogP contribution in [0.1, 0.15) is 35.7 Å². The Morgan fingerprint density at radius 3 is 2.52 bits per heavy atom. The summed E-state index contributed by atoms with van der Waals surface area (Å²) in [6.07, 6.45) is 3.08. The number of carbonyl (C=O) groups excluding carboxylic acids is 1. The lowest BCUT2D eigenvalue weighted by atomic mass is 10.1. The fraction of sp³-hybridized carbons (Fsp3) is 0.533. The van der Waals surface area contributed by atoms with Crippen molar-refractivity contribution in [2.45, 2.75) is 38.8 Å². The van der Waals surface area contributed by atoms with Crippen molar-refractivity contribution < 1.29 is 13.2 Å². The van der Waals surface area contributed by atoms with Gasteiger partial charge in [-0.2, -0.15) is 0 Å². The summed E-state index contributed by atoms with van der Waals surface area (Å²) in [5, 5.41) is 0. The Balaban J connectivity index is 2.25. The van der Waals surface area contributed by atoms with Crippen LogP contribution in [0.15, 0.2) is 18.2 Å². The Labute approximate surface area is 126 Å². The second-order valence-electron chi connectivity index (χ2n) is 5.96. The number of hydrogen-bond donors (Lipinski definition) is 1. The zero-order valence-corrected chi connectivity index (χ0v) is 13.5. The number of nitrogens with two attached hydrogens (primary N) is 1. The molecule has 1 unspecified atom stereocenters. The molecule has 1 amide bonds. The summed E-state index contributed by atoms with van der Waals surface area (Å²) in [6, 6.07) is 5.02. The number of amides is 1. The summed E-state index contributed by atoms with van der Waals surface area (Å²) in [5.74, 6) is -0.125. The van der Waals surface area contributed by atoms with Crippen LogP contribution in [-0.4, -0.2) is 43.3 Å². The number of nitrogen functional groups attached to an aromatic ring is 1. The van der Waals surface area contributed by atoms with Crippen molar-refractivity contribution in [1.82, 2.24) is 4.90 Å². The van der Waals surface area contributed by atoms with Crippen molar-refractivity contribution >= 4 is 21.4 Å². The summed E-state index contributed by atoms with van der Waals surface area (Å²) >= 11 is 0. The van der Waals surface area contributed by atoms with Crippen LogP contribution in [0.4, 0.5) is 5.69 Å². The molecule has 6 heteroatoms. The highest BCUT2D eigenvalue weighted by Crippen LogP contribution is 2.31. The molecular weight excluding hydrogens is 288 g/mol. The van der Waals surface area contributed by atoms with Crippen LogP contribution in [0.3, 0.4) is 0 Å². The normalized spacial score (nSPS) is 16.5. The van der Waals surface area contributed by atoms with Crippen LogP contribution in [0.5, 0.6) is 0 Å². The Morgan fingerprint density at radius 2 is 2.05 bits per heavy atom. The predicted molar refractivity (Wildman–Crippen MR) is 84.0 cm³/mol. The van der Waals surface area contributed by atoms with Crippen LogP contribution in [0.2, 0.25) is 0 Å². The lowest BCUT2D eigenvalue weighted by Gasteiger charge is -2.29. The molecule has 2 N–H and O–H groups in total. The molecule has 1 aromatic carbocycles. The molecule has 5 nitrogen and oxygen atoms in total. The van der Waals surface area contributed by atoms with Gasteiger partial charge < -0.3 is 10.6 Å². The Morgan fingerprint density at radius 1 is 1.43 bits per heavy atom. The maximum Gasteiger partial charge on any atom is 0.254 e. The molecule has 1 aliphatic carbocycles. The first-order chi connectivity index (χ1) is 9.69. The highest BCUT2D eigenvalue weighted by molar-refractivity contribution is 7.90. The van der Waals surface area contributed by atoms with Crippen LogP contribution in [0.25, 0.3) is 0 Å². The van der Waals surface area contributed by atoms with E-state index >= 15 is 0 Å². The third-order valence-electron chi connectivity index (χ3n) is 3.71. The van der Waals surface area contributed by atoms with Crippen LogP contribution < -0.4 is 5.73 Å². The van der Waals surface area contributed by atoms with Crippen LogP contribution >= 0.6 is 0 Å². The number of benzene rings is 1. The smallest absolute Gasteiger partial charge is 0.254 e. The Bertz CT molecular complexity index is 651. The lowest BCUT2D eigenvalue weighted by Crippen LogP contribution is -2.43. The molecule has 1 fully saturated rings. The van der Waals surface area contributed by atoms with E-state index in [0.717, 1.165) is 18.4 Å². The first-order valence-corrected chi connectivity index (χ1v) is 9.11. The minimum atomic E-state index is -3.12. The topological polar surface area (TPSA) is 80.5 Å². The number of nitrogens with zero attached hydrogens (tertiary/aromatic N) is 1. The molecule has 0 saturated heterocycles. The summed E-state index contributed by atoms with van der Waals surface area (Å²) < 4.78 is 23.0. The lowest BCUT2D eigenvalue weighted by molar-refractivity contribution is 0.0692. The number of aryl methyl sites for hydroxylation is 1. The number of anilines is 1. The van der Waals surface area contributed by atoms with Crippen molar-refractivity contribution in [3.8, 4) is 0 Å². The van der Waals surface area contributed by atoms with Crippen molar-refractivity contribution in [3.63, 3.8) is 0 Å². The third kappa shape index (κ3) is 3.97. The van der Waals surface area contributed by atoms with E-state index in [9.17, 15) is 13.2 Å². The standard InChI is InChI=1S/C15H22N2O3S/c1-10-8-12(4-7-14(10)16)15(18)17(13-5-6-13)11(2)9-21(3,19)20/h4,7-8,11,13H,5-6,9,16H2,1-3H3. The van der Waals surface area contributed by atoms with E-state index in [1.54, 1.807) is 30.0 Å². The van der Waals surface area contributed by atoms with Gasteiger partial charge in [0, 0.05) is 29.6 Å². The fourth-order valence-corrected chi connectivity index (χ4v) is 3.59. The van der Waals surface area contributed by atoms with Gasteiger partial charge in [0.1, 0.15) is 9.84 Å². The molecular formula is C15H22N2O3S. The van der Waals surface area contributed by atoms with E-state index < -0.39 is 9.84 Å². The number of rotatable bonds is 5. The molecule has 0 bridgehead atoms. The van der Waals surface area contributed by atoms with E-state index in [1.807, 2.05) is 6.92 Å². The molecule has 1 aromatic rings. The van der Waals surface area contributed by atoms with E-state index in [4.69, 9.17) is 5.73 Å². The molecule has 0 aromatic heterocycles. The quantitative estimate of drug-likeness (QED) is 0.838. The van der Waals surface area contributed by atoms with Gasteiger partial charge >= 0.3 is 0 Å². The molecule has 0 aliphatic heterocycles. The zero-order chi connectivity index (χ0) is 15.8. The van der Waals surface area contributed by atoms with Gasteiger partial charge in [-0.15, -0.1) is 0 Å². The summed E-state index contributed by atoms with van der Waals surface area (Å²) in [7, 11) is -3.12. The molecule has 1 atom stereocenters. The van der Waals surface area contributed by atoms with Crippen molar-refractivity contribution in [2.24, 2.45) is 0 Å². The molecule has 1 saturated carbocycles. The van der Waals surface area contributed by atoms with E-state index in [0.29, 0.717) is 11.3 Å². The van der Waals surface area contributed by atoms with Gasteiger partial charge in [0.05, 0.1) is 5.75 Å². The first-order valence-electron chi connectivity index (χ1n) is 7.05. The number of sulfone groups is 1. The minimum absolute atomic E-state index is 0.0107. The number of carbonyl (C=O) groups is 1.